The first-order chi connectivity index (χ1) is 16.1. The molecular weight excluding hydrogens is 436 g/mol. The van der Waals surface area contributed by atoms with Gasteiger partial charge in [-0.15, -0.1) is 10.2 Å². The Balaban J connectivity index is 1.50. The van der Waals surface area contributed by atoms with Crippen LogP contribution in [-0.2, 0) is 16.1 Å². The second-order valence-electron chi connectivity index (χ2n) is 8.16. The van der Waals surface area contributed by atoms with Gasteiger partial charge in [0.2, 0.25) is 5.91 Å². The Morgan fingerprint density at radius 2 is 1.97 bits per heavy atom. The molecular formula is C25H30N4O3S. The quantitative estimate of drug-likeness (QED) is 0.434. The predicted molar refractivity (Wildman–Crippen MR) is 129 cm³/mol. The van der Waals surface area contributed by atoms with Crippen LogP contribution in [0.2, 0.25) is 0 Å². The van der Waals surface area contributed by atoms with Crippen LogP contribution in [0, 0.1) is 0 Å². The molecule has 1 saturated heterocycles. The maximum absolute atomic E-state index is 12.9. The summed E-state index contributed by atoms with van der Waals surface area (Å²) in [6, 6.07) is 17.8. The van der Waals surface area contributed by atoms with Crippen LogP contribution in [0.4, 0.5) is 0 Å². The molecule has 0 N–H and O–H groups in total. The summed E-state index contributed by atoms with van der Waals surface area (Å²) in [5.41, 5.74) is 2.07. The number of methoxy groups -OCH3 is 1. The number of aromatic nitrogens is 3. The maximum atomic E-state index is 12.9. The zero-order valence-electron chi connectivity index (χ0n) is 19.3. The molecule has 174 valence electrons. The van der Waals surface area contributed by atoms with Gasteiger partial charge in [0, 0.05) is 19.2 Å². The zero-order chi connectivity index (χ0) is 23.2. The maximum Gasteiger partial charge on any atom is 0.233 e. The first-order valence-electron chi connectivity index (χ1n) is 11.2. The van der Waals surface area contributed by atoms with Crippen molar-refractivity contribution in [1.82, 2.24) is 19.7 Å². The highest BCUT2D eigenvalue weighted by molar-refractivity contribution is 7.99. The van der Waals surface area contributed by atoms with Crippen molar-refractivity contribution >= 4 is 17.7 Å². The number of hydrogen-bond donors (Lipinski definition) is 0. The highest BCUT2D eigenvalue weighted by Crippen LogP contribution is 2.28. The Bertz CT molecular complexity index is 1050. The standard InChI is InChI=1S/C25H30N4O3S/c1-18(19-8-5-4-6-9-19)28(2)23(30)17-33-25-27-26-24(20-11-13-21(31-3)14-12-20)29(25)16-22-10-7-15-32-22/h4-6,8-9,11-14,18,22H,7,10,15-17H2,1-3H3/t18-,22+/m1/s1. The number of carbonyl (C=O) groups excluding carboxylic acids is 1. The minimum Gasteiger partial charge on any atom is -0.497 e. The van der Waals surface area contributed by atoms with Crippen molar-refractivity contribution in [3.05, 3.63) is 60.2 Å². The van der Waals surface area contributed by atoms with E-state index in [1.54, 1.807) is 12.0 Å². The van der Waals surface area contributed by atoms with E-state index in [2.05, 4.69) is 14.8 Å². The molecule has 0 bridgehead atoms. The highest BCUT2D eigenvalue weighted by Gasteiger charge is 2.23. The molecule has 1 aromatic heterocycles. The van der Waals surface area contributed by atoms with Crippen molar-refractivity contribution in [2.45, 2.75) is 43.6 Å². The number of hydrogen-bond acceptors (Lipinski definition) is 6. The Kier molecular flexibility index (Phi) is 7.67. The molecule has 7 nitrogen and oxygen atoms in total. The van der Waals surface area contributed by atoms with Crippen molar-refractivity contribution in [2.24, 2.45) is 0 Å². The summed E-state index contributed by atoms with van der Waals surface area (Å²) in [6.45, 7) is 3.49. The number of rotatable bonds is 9. The Labute approximate surface area is 199 Å². The van der Waals surface area contributed by atoms with Gasteiger partial charge >= 0.3 is 0 Å². The minimum absolute atomic E-state index is 0.00100. The van der Waals surface area contributed by atoms with Gasteiger partial charge in [-0.3, -0.25) is 9.36 Å². The molecule has 1 amide bonds. The fraction of sp³-hybridized carbons (Fsp3) is 0.400. The van der Waals surface area contributed by atoms with Crippen LogP contribution < -0.4 is 4.74 Å². The van der Waals surface area contributed by atoms with Crippen molar-refractivity contribution in [3.8, 4) is 17.1 Å². The molecule has 0 radical (unpaired) electrons. The minimum atomic E-state index is -0.00100. The van der Waals surface area contributed by atoms with Crippen LogP contribution in [0.1, 0.15) is 31.4 Å². The topological polar surface area (TPSA) is 69.5 Å². The summed E-state index contributed by atoms with van der Waals surface area (Å²) in [5.74, 6) is 1.91. The number of thioether (sulfide) groups is 1. The lowest BCUT2D eigenvalue weighted by Crippen LogP contribution is -2.31. The molecule has 1 aliphatic rings. The van der Waals surface area contributed by atoms with Gasteiger partial charge < -0.3 is 14.4 Å². The van der Waals surface area contributed by atoms with E-state index in [1.165, 1.54) is 11.8 Å². The van der Waals surface area contributed by atoms with E-state index in [9.17, 15) is 4.79 Å². The first kappa shape index (κ1) is 23.3. The Morgan fingerprint density at radius 1 is 1.21 bits per heavy atom. The van der Waals surface area contributed by atoms with Crippen LogP contribution in [0.25, 0.3) is 11.4 Å². The van der Waals surface area contributed by atoms with Crippen molar-refractivity contribution in [1.29, 1.82) is 0 Å². The SMILES string of the molecule is COc1ccc(-c2nnc(SCC(=O)N(C)[C@H](C)c3ccccc3)n2C[C@@H]2CCCO2)cc1. The van der Waals surface area contributed by atoms with Gasteiger partial charge in [0.15, 0.2) is 11.0 Å². The molecule has 0 saturated carbocycles. The van der Waals surface area contributed by atoms with Crippen molar-refractivity contribution in [2.75, 3.05) is 26.5 Å². The van der Waals surface area contributed by atoms with E-state index < -0.39 is 0 Å². The summed E-state index contributed by atoms with van der Waals surface area (Å²) in [6.07, 6.45) is 2.21. The molecule has 0 unspecified atom stereocenters. The lowest BCUT2D eigenvalue weighted by Gasteiger charge is -2.25. The lowest BCUT2D eigenvalue weighted by molar-refractivity contribution is -0.128. The van der Waals surface area contributed by atoms with Gasteiger partial charge in [-0.1, -0.05) is 42.1 Å². The highest BCUT2D eigenvalue weighted by atomic mass is 32.2. The molecule has 8 heteroatoms. The summed E-state index contributed by atoms with van der Waals surface area (Å²) in [7, 11) is 3.50. The van der Waals surface area contributed by atoms with Crippen LogP contribution in [0.5, 0.6) is 5.75 Å². The first-order valence-corrected chi connectivity index (χ1v) is 12.2. The Morgan fingerprint density at radius 3 is 2.64 bits per heavy atom. The second-order valence-corrected chi connectivity index (χ2v) is 9.10. The zero-order valence-corrected chi connectivity index (χ0v) is 20.1. The molecule has 4 rings (SSSR count). The normalized spacial score (nSPS) is 16.5. The van der Waals surface area contributed by atoms with Gasteiger partial charge in [0.1, 0.15) is 5.75 Å². The molecule has 2 atom stereocenters. The molecule has 33 heavy (non-hydrogen) atoms. The number of ether oxygens (including phenoxy) is 2. The molecule has 2 aromatic carbocycles. The van der Waals surface area contributed by atoms with Crippen LogP contribution >= 0.6 is 11.8 Å². The van der Waals surface area contributed by atoms with Gasteiger partial charge in [0.05, 0.1) is 31.6 Å². The third-order valence-corrected chi connectivity index (χ3v) is 7.01. The van der Waals surface area contributed by atoms with Crippen molar-refractivity contribution < 1.29 is 14.3 Å². The molecule has 3 aromatic rings. The fourth-order valence-electron chi connectivity index (χ4n) is 3.90. The average molecular weight is 467 g/mol. The van der Waals surface area contributed by atoms with Gasteiger partial charge in [-0.05, 0) is 49.6 Å². The fourth-order valence-corrected chi connectivity index (χ4v) is 4.78. The largest absolute Gasteiger partial charge is 0.497 e. The van der Waals surface area contributed by atoms with E-state index in [-0.39, 0.29) is 18.1 Å². The van der Waals surface area contributed by atoms with E-state index in [0.717, 1.165) is 47.3 Å². The van der Waals surface area contributed by atoms with Crippen LogP contribution in [0.3, 0.4) is 0 Å². The molecule has 2 heterocycles. The summed E-state index contributed by atoms with van der Waals surface area (Å²) < 4.78 is 13.2. The number of amides is 1. The Hall–Kier alpha value is -2.84. The molecule has 1 fully saturated rings. The second kappa shape index (κ2) is 10.9. The summed E-state index contributed by atoms with van der Waals surface area (Å²) in [4.78, 5) is 14.7. The molecule has 1 aliphatic heterocycles. The average Bonchev–Trinajstić information content (AvgIpc) is 3.52. The van der Waals surface area contributed by atoms with E-state index in [0.29, 0.717) is 12.3 Å². The monoisotopic (exact) mass is 466 g/mol. The summed E-state index contributed by atoms with van der Waals surface area (Å²) in [5, 5.41) is 9.62. The van der Waals surface area contributed by atoms with Crippen LogP contribution in [0.15, 0.2) is 59.8 Å². The molecule has 0 aliphatic carbocycles. The number of carbonyl (C=O) groups is 1. The van der Waals surface area contributed by atoms with E-state index in [4.69, 9.17) is 9.47 Å². The van der Waals surface area contributed by atoms with Gasteiger partial charge in [0.25, 0.3) is 0 Å². The number of nitrogens with zero attached hydrogens (tertiary/aromatic N) is 4. The summed E-state index contributed by atoms with van der Waals surface area (Å²) >= 11 is 1.42. The third kappa shape index (κ3) is 5.57. The molecule has 0 spiro atoms. The smallest absolute Gasteiger partial charge is 0.233 e. The third-order valence-electron chi connectivity index (χ3n) is 6.06. The van der Waals surface area contributed by atoms with Crippen LogP contribution in [-0.4, -0.2) is 58.2 Å². The van der Waals surface area contributed by atoms with E-state index >= 15 is 0 Å². The van der Waals surface area contributed by atoms with Gasteiger partial charge in [-0.2, -0.15) is 0 Å². The lowest BCUT2D eigenvalue weighted by atomic mass is 10.1. The van der Waals surface area contributed by atoms with Crippen molar-refractivity contribution in [3.63, 3.8) is 0 Å². The predicted octanol–water partition coefficient (Wildman–Crippen LogP) is 4.44. The van der Waals surface area contributed by atoms with Gasteiger partial charge in [-0.25, -0.2) is 0 Å². The van der Waals surface area contributed by atoms with E-state index in [1.807, 2.05) is 68.6 Å². The number of benzene rings is 2.